The summed E-state index contributed by atoms with van der Waals surface area (Å²) in [5, 5.41) is 7.23. The van der Waals surface area contributed by atoms with Crippen LogP contribution in [0, 0.1) is 5.92 Å². The average Bonchev–Trinajstić information content (AvgIpc) is 3.48. The smallest absolute Gasteiger partial charge is 0.325 e. The van der Waals surface area contributed by atoms with Gasteiger partial charge in [0.2, 0.25) is 5.91 Å². The number of rotatable bonds is 9. The summed E-state index contributed by atoms with van der Waals surface area (Å²) >= 11 is 1.11. The number of hydrogen-bond acceptors (Lipinski definition) is 7. The van der Waals surface area contributed by atoms with Gasteiger partial charge in [-0.2, -0.15) is 0 Å². The van der Waals surface area contributed by atoms with Gasteiger partial charge in [0.05, 0.1) is 7.11 Å². The van der Waals surface area contributed by atoms with E-state index in [0.29, 0.717) is 11.3 Å². The van der Waals surface area contributed by atoms with Crippen LogP contribution in [-0.2, 0) is 9.59 Å². The number of anilines is 1. The molecule has 0 bridgehead atoms. The van der Waals surface area contributed by atoms with Gasteiger partial charge in [-0.3, -0.25) is 14.4 Å². The number of nitrogens with zero attached hydrogens (tertiary/aromatic N) is 2. The van der Waals surface area contributed by atoms with Crippen LogP contribution < -0.4 is 15.4 Å². The Labute approximate surface area is 218 Å². The van der Waals surface area contributed by atoms with Crippen molar-refractivity contribution in [2.75, 3.05) is 12.4 Å². The molecule has 0 spiro atoms. The third kappa shape index (κ3) is 5.39. The summed E-state index contributed by atoms with van der Waals surface area (Å²) in [6.07, 6.45) is 0. The van der Waals surface area contributed by atoms with Gasteiger partial charge in [0, 0.05) is 17.2 Å². The summed E-state index contributed by atoms with van der Waals surface area (Å²) in [6.45, 7) is 5.33. The first-order chi connectivity index (χ1) is 17.7. The van der Waals surface area contributed by atoms with Crippen molar-refractivity contribution in [1.82, 2.24) is 15.2 Å². The minimum Gasteiger partial charge on any atom is -0.497 e. The fourth-order valence-electron chi connectivity index (χ4n) is 4.21. The number of ketones is 1. The normalized spacial score (nSPS) is 16.9. The van der Waals surface area contributed by atoms with Crippen LogP contribution >= 0.6 is 11.3 Å². The number of urea groups is 1. The number of hydrogen-bond donors (Lipinski definition) is 2. The number of methoxy groups -OCH3 is 1. The molecule has 2 aromatic carbocycles. The van der Waals surface area contributed by atoms with Gasteiger partial charge in [-0.1, -0.05) is 63.2 Å². The Bertz CT molecular complexity index is 1310. The highest BCUT2D eigenvalue weighted by Crippen LogP contribution is 2.32. The number of imide groups is 1. The molecular weight excluding hydrogens is 492 g/mol. The van der Waals surface area contributed by atoms with Crippen LogP contribution in [0.4, 0.5) is 9.93 Å². The van der Waals surface area contributed by atoms with Crippen LogP contribution in [0.3, 0.4) is 0 Å². The SMILES string of the molecule is COc1ccc([C@H]2NC(=O)N([C@H](C(=O)Nc3nc(C(=O)C(C)C)cs3)[C@@H](C)c3ccccc3)C2=O)cc1. The first kappa shape index (κ1) is 26.0. The van der Waals surface area contributed by atoms with E-state index >= 15 is 0 Å². The predicted octanol–water partition coefficient (Wildman–Crippen LogP) is 4.39. The number of amides is 4. The molecule has 0 unspecified atom stereocenters. The van der Waals surface area contributed by atoms with Crippen LogP contribution in [0.25, 0.3) is 0 Å². The molecule has 1 fully saturated rings. The quantitative estimate of drug-likeness (QED) is 0.319. The number of benzene rings is 2. The Balaban J connectivity index is 1.65. The van der Waals surface area contributed by atoms with E-state index in [1.165, 1.54) is 7.11 Å². The zero-order chi connectivity index (χ0) is 26.7. The molecule has 2 heterocycles. The van der Waals surface area contributed by atoms with Gasteiger partial charge in [0.15, 0.2) is 10.9 Å². The Hall–Kier alpha value is -4.05. The van der Waals surface area contributed by atoms with Gasteiger partial charge in [-0.25, -0.2) is 14.7 Å². The Morgan fingerprint density at radius 3 is 2.35 bits per heavy atom. The first-order valence-corrected chi connectivity index (χ1v) is 12.7. The molecule has 1 aliphatic heterocycles. The van der Waals surface area contributed by atoms with E-state index in [2.05, 4.69) is 15.6 Å². The molecule has 0 saturated carbocycles. The van der Waals surface area contributed by atoms with E-state index in [-0.39, 0.29) is 22.5 Å². The summed E-state index contributed by atoms with van der Waals surface area (Å²) in [7, 11) is 1.54. The molecule has 4 rings (SSSR count). The maximum absolute atomic E-state index is 13.6. The van der Waals surface area contributed by atoms with Crippen molar-refractivity contribution in [2.24, 2.45) is 5.92 Å². The number of ether oxygens (including phenoxy) is 1. The van der Waals surface area contributed by atoms with Crippen molar-refractivity contribution < 1.29 is 23.9 Å². The first-order valence-electron chi connectivity index (χ1n) is 11.8. The summed E-state index contributed by atoms with van der Waals surface area (Å²) in [6, 6.07) is 13.2. The number of nitrogens with one attached hydrogen (secondary N) is 2. The number of aromatic nitrogens is 1. The highest BCUT2D eigenvalue weighted by atomic mass is 32.1. The van der Waals surface area contributed by atoms with Gasteiger partial charge >= 0.3 is 6.03 Å². The Kier molecular flexibility index (Phi) is 7.68. The number of thiazole rings is 1. The molecule has 1 aromatic heterocycles. The number of carbonyl (C=O) groups excluding carboxylic acids is 4. The summed E-state index contributed by atoms with van der Waals surface area (Å²) in [4.78, 5) is 57.8. The minimum atomic E-state index is -1.16. The molecule has 1 aliphatic rings. The lowest BCUT2D eigenvalue weighted by Crippen LogP contribution is -2.50. The lowest BCUT2D eigenvalue weighted by Gasteiger charge is -2.29. The number of carbonyl (C=O) groups is 4. The van der Waals surface area contributed by atoms with Crippen LogP contribution in [0.2, 0.25) is 0 Å². The highest BCUT2D eigenvalue weighted by molar-refractivity contribution is 7.14. The maximum atomic E-state index is 13.6. The fourth-order valence-corrected chi connectivity index (χ4v) is 4.91. The molecule has 1 saturated heterocycles. The van der Waals surface area contributed by atoms with Crippen LogP contribution in [-0.4, -0.2) is 46.7 Å². The topological polar surface area (TPSA) is 118 Å². The molecule has 192 valence electrons. The molecule has 9 nitrogen and oxygen atoms in total. The van der Waals surface area contributed by atoms with Gasteiger partial charge in [-0.05, 0) is 23.3 Å². The average molecular weight is 521 g/mol. The Morgan fingerprint density at radius 1 is 1.05 bits per heavy atom. The van der Waals surface area contributed by atoms with Crippen molar-refractivity contribution in [3.05, 3.63) is 76.8 Å². The zero-order valence-corrected chi connectivity index (χ0v) is 21.7. The third-order valence-electron chi connectivity index (χ3n) is 6.28. The summed E-state index contributed by atoms with van der Waals surface area (Å²) in [5.74, 6) is -1.39. The molecule has 3 atom stereocenters. The minimum absolute atomic E-state index is 0.137. The van der Waals surface area contributed by atoms with E-state index in [4.69, 9.17) is 4.74 Å². The largest absolute Gasteiger partial charge is 0.497 e. The molecule has 3 aromatic rings. The third-order valence-corrected chi connectivity index (χ3v) is 7.03. The van der Waals surface area contributed by atoms with E-state index < -0.39 is 35.8 Å². The van der Waals surface area contributed by atoms with Gasteiger partial charge in [-0.15, -0.1) is 11.3 Å². The van der Waals surface area contributed by atoms with E-state index in [1.54, 1.807) is 50.4 Å². The second-order valence-electron chi connectivity index (χ2n) is 9.05. The molecular formula is C27H28N4O5S. The van der Waals surface area contributed by atoms with Crippen molar-refractivity contribution in [2.45, 2.75) is 38.8 Å². The van der Waals surface area contributed by atoms with Crippen molar-refractivity contribution >= 4 is 40.1 Å². The van der Waals surface area contributed by atoms with E-state index in [9.17, 15) is 19.2 Å². The van der Waals surface area contributed by atoms with Gasteiger partial charge < -0.3 is 15.4 Å². The fraction of sp³-hybridized carbons (Fsp3) is 0.296. The second-order valence-corrected chi connectivity index (χ2v) is 9.91. The summed E-state index contributed by atoms with van der Waals surface area (Å²) < 4.78 is 5.18. The molecule has 4 amide bonds. The number of Topliss-reactive ketones (excluding diaryl/α,β-unsaturated/α-hetero) is 1. The standard InChI is InChI=1S/C27H28N4O5S/c1-15(2)23(32)20-14-37-26(28-20)30-24(33)22(16(3)17-8-6-5-7-9-17)31-25(34)21(29-27(31)35)18-10-12-19(36-4)13-11-18/h5-16,21-22H,1-4H3,(H,29,35)(H,28,30,33)/t16-,21+,22-/m0/s1. The van der Waals surface area contributed by atoms with Crippen molar-refractivity contribution in [1.29, 1.82) is 0 Å². The lowest BCUT2D eigenvalue weighted by molar-refractivity contribution is -0.134. The second kappa shape index (κ2) is 10.9. The monoisotopic (exact) mass is 520 g/mol. The van der Waals surface area contributed by atoms with Crippen LogP contribution in [0.15, 0.2) is 60.0 Å². The van der Waals surface area contributed by atoms with Crippen LogP contribution in [0.5, 0.6) is 5.75 Å². The Morgan fingerprint density at radius 2 is 1.73 bits per heavy atom. The van der Waals surface area contributed by atoms with Crippen molar-refractivity contribution in [3.8, 4) is 5.75 Å². The summed E-state index contributed by atoms with van der Waals surface area (Å²) in [5.41, 5.74) is 1.62. The van der Waals surface area contributed by atoms with Crippen LogP contribution in [0.1, 0.15) is 54.3 Å². The molecule has 10 heteroatoms. The van der Waals surface area contributed by atoms with Crippen molar-refractivity contribution in [3.63, 3.8) is 0 Å². The molecule has 0 radical (unpaired) electrons. The predicted molar refractivity (Wildman–Crippen MR) is 140 cm³/mol. The molecule has 0 aliphatic carbocycles. The molecule has 37 heavy (non-hydrogen) atoms. The van der Waals surface area contributed by atoms with Gasteiger partial charge in [0.1, 0.15) is 23.5 Å². The van der Waals surface area contributed by atoms with Gasteiger partial charge in [0.25, 0.3) is 5.91 Å². The molecule has 2 N–H and O–H groups in total. The maximum Gasteiger partial charge on any atom is 0.325 e. The van der Waals surface area contributed by atoms with E-state index in [1.807, 2.05) is 30.3 Å². The zero-order valence-electron chi connectivity index (χ0n) is 20.9. The lowest BCUT2D eigenvalue weighted by atomic mass is 9.91. The highest BCUT2D eigenvalue weighted by Gasteiger charge is 2.47. The van der Waals surface area contributed by atoms with E-state index in [0.717, 1.165) is 21.8 Å².